The van der Waals surface area contributed by atoms with E-state index in [2.05, 4.69) is 20.5 Å². The van der Waals surface area contributed by atoms with Crippen LogP contribution in [-0.2, 0) is 4.79 Å². The highest BCUT2D eigenvalue weighted by Gasteiger charge is 2.11. The van der Waals surface area contributed by atoms with E-state index in [-0.39, 0.29) is 11.7 Å². The van der Waals surface area contributed by atoms with E-state index in [1.54, 1.807) is 24.5 Å². The first kappa shape index (κ1) is 14.3. The molecule has 7 heteroatoms. The number of pyridine rings is 1. The van der Waals surface area contributed by atoms with Gasteiger partial charge in [0.25, 0.3) is 5.22 Å². The van der Waals surface area contributed by atoms with Crippen molar-refractivity contribution < 1.29 is 9.21 Å². The van der Waals surface area contributed by atoms with Crippen LogP contribution in [-0.4, -0.2) is 26.8 Å². The van der Waals surface area contributed by atoms with Crippen molar-refractivity contribution >= 4 is 23.4 Å². The summed E-state index contributed by atoms with van der Waals surface area (Å²) in [4.78, 5) is 15.7. The van der Waals surface area contributed by atoms with Gasteiger partial charge in [-0.15, -0.1) is 10.2 Å². The van der Waals surface area contributed by atoms with Crippen molar-refractivity contribution in [3.05, 3.63) is 54.9 Å². The summed E-state index contributed by atoms with van der Waals surface area (Å²) in [7, 11) is 0. The number of rotatable bonds is 5. The Kier molecular flexibility index (Phi) is 4.45. The molecule has 1 N–H and O–H groups in total. The number of benzene rings is 1. The minimum atomic E-state index is -0.155. The van der Waals surface area contributed by atoms with Crippen LogP contribution in [0, 0.1) is 0 Å². The molecule has 0 aliphatic rings. The van der Waals surface area contributed by atoms with E-state index >= 15 is 0 Å². The van der Waals surface area contributed by atoms with E-state index in [4.69, 9.17) is 4.42 Å². The molecule has 0 atom stereocenters. The van der Waals surface area contributed by atoms with E-state index in [0.717, 1.165) is 5.56 Å². The maximum atomic E-state index is 11.8. The Morgan fingerprint density at radius 1 is 1.14 bits per heavy atom. The number of nitrogens with zero attached hydrogens (tertiary/aromatic N) is 3. The molecule has 0 aliphatic heterocycles. The predicted molar refractivity (Wildman–Crippen MR) is 83.3 cm³/mol. The van der Waals surface area contributed by atoms with Gasteiger partial charge in [-0.05, 0) is 24.3 Å². The zero-order valence-electron chi connectivity index (χ0n) is 11.5. The summed E-state index contributed by atoms with van der Waals surface area (Å²) >= 11 is 1.19. The highest BCUT2D eigenvalue weighted by Crippen LogP contribution is 2.22. The van der Waals surface area contributed by atoms with Crippen molar-refractivity contribution in [3.8, 4) is 11.5 Å². The lowest BCUT2D eigenvalue weighted by molar-refractivity contribution is -0.113. The zero-order chi connectivity index (χ0) is 15.2. The third kappa shape index (κ3) is 3.70. The summed E-state index contributed by atoms with van der Waals surface area (Å²) in [5, 5.41) is 11.0. The van der Waals surface area contributed by atoms with E-state index < -0.39 is 0 Å². The quantitative estimate of drug-likeness (QED) is 0.730. The molecule has 6 nitrogen and oxygen atoms in total. The molecule has 1 aromatic carbocycles. The second-order valence-corrected chi connectivity index (χ2v) is 5.24. The maximum Gasteiger partial charge on any atom is 0.277 e. The van der Waals surface area contributed by atoms with Crippen LogP contribution in [0.5, 0.6) is 0 Å². The summed E-state index contributed by atoms with van der Waals surface area (Å²) < 4.78 is 5.52. The molecule has 2 heterocycles. The molecule has 0 radical (unpaired) electrons. The molecule has 3 rings (SSSR count). The van der Waals surface area contributed by atoms with Gasteiger partial charge in [0.15, 0.2) is 0 Å². The van der Waals surface area contributed by atoms with Crippen molar-refractivity contribution in [2.45, 2.75) is 5.22 Å². The van der Waals surface area contributed by atoms with Gasteiger partial charge >= 0.3 is 0 Å². The van der Waals surface area contributed by atoms with Crippen LogP contribution < -0.4 is 5.32 Å². The third-order valence-corrected chi connectivity index (χ3v) is 3.52. The average Bonchev–Trinajstić information content (AvgIpc) is 3.04. The number of carbonyl (C=O) groups excluding carboxylic acids is 1. The fraction of sp³-hybridized carbons (Fsp3) is 0.0667. The van der Waals surface area contributed by atoms with Crippen LogP contribution in [0.4, 0.5) is 5.69 Å². The second kappa shape index (κ2) is 6.86. The number of hydrogen-bond donors (Lipinski definition) is 1. The topological polar surface area (TPSA) is 80.9 Å². The van der Waals surface area contributed by atoms with Crippen LogP contribution in [0.1, 0.15) is 0 Å². The fourth-order valence-electron chi connectivity index (χ4n) is 1.73. The molecule has 110 valence electrons. The summed E-state index contributed by atoms with van der Waals surface area (Å²) in [6.07, 6.45) is 3.23. The Balaban J connectivity index is 1.56. The van der Waals surface area contributed by atoms with Gasteiger partial charge in [-0.25, -0.2) is 0 Å². The van der Waals surface area contributed by atoms with Gasteiger partial charge in [-0.3, -0.25) is 9.78 Å². The minimum Gasteiger partial charge on any atom is -0.411 e. The number of thioether (sulfide) groups is 1. The van der Waals surface area contributed by atoms with Gasteiger partial charge in [-0.1, -0.05) is 30.0 Å². The molecule has 2 aromatic heterocycles. The van der Waals surface area contributed by atoms with Gasteiger partial charge in [0.1, 0.15) is 0 Å². The number of nitrogens with one attached hydrogen (secondary N) is 1. The fourth-order valence-corrected chi connectivity index (χ4v) is 2.29. The average molecular weight is 312 g/mol. The summed E-state index contributed by atoms with van der Waals surface area (Å²) in [6.45, 7) is 0. The molecule has 0 saturated carbocycles. The van der Waals surface area contributed by atoms with Gasteiger partial charge in [0, 0.05) is 11.8 Å². The predicted octanol–water partition coefficient (Wildman–Crippen LogP) is 2.86. The summed E-state index contributed by atoms with van der Waals surface area (Å²) in [6, 6.07) is 13.0. The summed E-state index contributed by atoms with van der Waals surface area (Å²) in [5.74, 6) is 0.471. The van der Waals surface area contributed by atoms with Crippen LogP contribution in [0.2, 0.25) is 0 Å². The van der Waals surface area contributed by atoms with Gasteiger partial charge < -0.3 is 9.73 Å². The van der Waals surface area contributed by atoms with Crippen LogP contribution >= 0.6 is 11.8 Å². The molecular weight excluding hydrogens is 300 g/mol. The first-order chi connectivity index (χ1) is 10.8. The van der Waals surface area contributed by atoms with Crippen molar-refractivity contribution in [2.24, 2.45) is 0 Å². The summed E-state index contributed by atoms with van der Waals surface area (Å²) in [5.41, 5.74) is 1.50. The van der Waals surface area contributed by atoms with E-state index in [1.165, 1.54) is 11.8 Å². The Morgan fingerprint density at radius 3 is 2.77 bits per heavy atom. The van der Waals surface area contributed by atoms with Crippen molar-refractivity contribution in [1.29, 1.82) is 0 Å². The molecule has 0 spiro atoms. The smallest absolute Gasteiger partial charge is 0.277 e. The van der Waals surface area contributed by atoms with Gasteiger partial charge in [-0.2, -0.15) is 0 Å². The first-order valence-corrected chi connectivity index (χ1v) is 7.51. The van der Waals surface area contributed by atoms with Gasteiger partial charge in [0.2, 0.25) is 11.8 Å². The Morgan fingerprint density at radius 2 is 2.00 bits per heavy atom. The molecule has 0 saturated heterocycles. The van der Waals surface area contributed by atoms with Crippen molar-refractivity contribution in [3.63, 3.8) is 0 Å². The molecule has 0 aliphatic carbocycles. The van der Waals surface area contributed by atoms with Crippen LogP contribution in [0.3, 0.4) is 0 Å². The van der Waals surface area contributed by atoms with E-state index in [1.807, 2.05) is 30.3 Å². The highest BCUT2D eigenvalue weighted by atomic mass is 32.2. The zero-order valence-corrected chi connectivity index (χ0v) is 12.3. The molecule has 0 fully saturated rings. The lowest BCUT2D eigenvalue weighted by atomic mass is 10.2. The lowest BCUT2D eigenvalue weighted by Crippen LogP contribution is -2.13. The highest BCUT2D eigenvalue weighted by molar-refractivity contribution is 7.99. The third-order valence-electron chi connectivity index (χ3n) is 2.70. The van der Waals surface area contributed by atoms with E-state index in [0.29, 0.717) is 16.8 Å². The number of amides is 1. The first-order valence-electron chi connectivity index (χ1n) is 6.53. The molecule has 22 heavy (non-hydrogen) atoms. The van der Waals surface area contributed by atoms with E-state index in [9.17, 15) is 4.79 Å². The Bertz CT molecular complexity index is 747. The number of hydrogen-bond acceptors (Lipinski definition) is 6. The van der Waals surface area contributed by atoms with Gasteiger partial charge in [0.05, 0.1) is 17.6 Å². The lowest BCUT2D eigenvalue weighted by Gasteiger charge is -2.02. The number of carbonyl (C=O) groups is 1. The monoisotopic (exact) mass is 312 g/mol. The molecule has 0 bridgehead atoms. The molecule has 1 amide bonds. The number of aromatic nitrogens is 3. The molecule has 0 unspecified atom stereocenters. The second-order valence-electron chi connectivity index (χ2n) is 4.32. The van der Waals surface area contributed by atoms with Crippen molar-refractivity contribution in [1.82, 2.24) is 15.2 Å². The van der Waals surface area contributed by atoms with Crippen molar-refractivity contribution in [2.75, 3.05) is 11.1 Å². The molecular formula is C15H12N4O2S. The maximum absolute atomic E-state index is 11.8. The Labute approximate surface area is 131 Å². The normalized spacial score (nSPS) is 10.4. The minimum absolute atomic E-state index is 0.155. The Hall–Kier alpha value is -2.67. The largest absolute Gasteiger partial charge is 0.411 e. The van der Waals surface area contributed by atoms with Crippen LogP contribution in [0.25, 0.3) is 11.5 Å². The SMILES string of the molecule is O=C(CSc1nnc(-c2ccccc2)o1)Nc1cccnc1. The van der Waals surface area contributed by atoms with Crippen LogP contribution in [0.15, 0.2) is 64.5 Å². The standard InChI is InChI=1S/C15H12N4O2S/c20-13(17-12-7-4-8-16-9-12)10-22-15-19-18-14(21-15)11-5-2-1-3-6-11/h1-9H,10H2,(H,17,20). The molecule has 3 aromatic rings. The number of anilines is 1.